The van der Waals surface area contributed by atoms with Crippen molar-refractivity contribution in [2.75, 3.05) is 0 Å². The quantitative estimate of drug-likeness (QED) is 0.490. The summed E-state index contributed by atoms with van der Waals surface area (Å²) in [4.78, 5) is 0. The Bertz CT molecular complexity index is 660. The fraction of sp³-hybridized carbons (Fsp3) is 0.0435. The second-order valence-electron chi connectivity index (χ2n) is 5.19. The zero-order valence-corrected chi connectivity index (χ0v) is 13.5. The third-order valence-corrected chi connectivity index (χ3v) is 3.23. The normalized spacial score (nSPS) is 10.5. The molecule has 0 bridgehead atoms. The van der Waals surface area contributed by atoms with E-state index in [1.165, 1.54) is 16.7 Å². The molecule has 3 aromatic rings. The van der Waals surface area contributed by atoms with Gasteiger partial charge in [-0.1, -0.05) is 121 Å². The van der Waals surface area contributed by atoms with Crippen LogP contribution in [0.1, 0.15) is 16.7 Å². The third kappa shape index (κ3) is 7.10. The molecule has 0 radical (unpaired) electrons. The number of aryl methyl sites for hydroxylation is 1. The maximum absolute atomic E-state index is 2.10. The highest BCUT2D eigenvalue weighted by atomic mass is 13.9. The Hall–Kier alpha value is -2.86. The summed E-state index contributed by atoms with van der Waals surface area (Å²) in [5.41, 5.74) is 3.77. The van der Waals surface area contributed by atoms with Gasteiger partial charge in [-0.3, -0.25) is 0 Å². The van der Waals surface area contributed by atoms with Crippen molar-refractivity contribution in [1.82, 2.24) is 0 Å². The predicted octanol–water partition coefficient (Wildman–Crippen LogP) is 6.41. The van der Waals surface area contributed by atoms with Crippen molar-refractivity contribution in [3.05, 3.63) is 120 Å². The largest absolute Gasteiger partial charge is 0.0622 e. The number of allylic oxidation sites excluding steroid dienone is 2. The highest BCUT2D eigenvalue weighted by molar-refractivity contribution is 5.56. The van der Waals surface area contributed by atoms with E-state index < -0.39 is 0 Å². The second-order valence-corrected chi connectivity index (χ2v) is 5.19. The van der Waals surface area contributed by atoms with Crippen LogP contribution in [-0.2, 0) is 0 Å². The van der Waals surface area contributed by atoms with E-state index in [4.69, 9.17) is 0 Å². The van der Waals surface area contributed by atoms with Gasteiger partial charge in [0.1, 0.15) is 0 Å². The molecule has 0 aliphatic carbocycles. The first-order valence-electron chi connectivity index (χ1n) is 7.81. The van der Waals surface area contributed by atoms with Crippen LogP contribution in [0.4, 0.5) is 0 Å². The molecule has 23 heavy (non-hydrogen) atoms. The molecule has 3 rings (SSSR count). The van der Waals surface area contributed by atoms with Gasteiger partial charge in [0.05, 0.1) is 0 Å². The van der Waals surface area contributed by atoms with E-state index in [0.717, 1.165) is 0 Å². The molecule has 0 saturated heterocycles. The molecular formula is C23H22. The molecule has 0 N–H and O–H groups in total. The van der Waals surface area contributed by atoms with E-state index in [1.807, 2.05) is 54.6 Å². The molecular weight excluding hydrogens is 276 g/mol. The smallest absolute Gasteiger partial charge is 0.0257 e. The topological polar surface area (TPSA) is 0 Å². The summed E-state index contributed by atoms with van der Waals surface area (Å²) in [6, 6.07) is 30.8. The summed E-state index contributed by atoms with van der Waals surface area (Å²) in [6.45, 7) is 2.08. The van der Waals surface area contributed by atoms with Crippen LogP contribution in [0.5, 0.6) is 0 Å². The zero-order valence-electron chi connectivity index (χ0n) is 13.5. The van der Waals surface area contributed by atoms with Crippen molar-refractivity contribution < 1.29 is 0 Å². The van der Waals surface area contributed by atoms with Crippen molar-refractivity contribution in [1.29, 1.82) is 0 Å². The van der Waals surface area contributed by atoms with Gasteiger partial charge in [0.15, 0.2) is 0 Å². The van der Waals surface area contributed by atoms with Gasteiger partial charge in [-0.25, -0.2) is 0 Å². The van der Waals surface area contributed by atoms with Crippen LogP contribution in [-0.4, -0.2) is 0 Å². The van der Waals surface area contributed by atoms with Gasteiger partial charge >= 0.3 is 0 Å². The van der Waals surface area contributed by atoms with Crippen molar-refractivity contribution in [2.45, 2.75) is 6.92 Å². The summed E-state index contributed by atoms with van der Waals surface area (Å²) in [6.07, 6.45) is 8.31. The third-order valence-electron chi connectivity index (χ3n) is 3.23. The molecule has 0 fully saturated rings. The van der Waals surface area contributed by atoms with Crippen LogP contribution in [0.25, 0.3) is 12.2 Å². The first-order valence-corrected chi connectivity index (χ1v) is 7.81. The van der Waals surface area contributed by atoms with Crippen molar-refractivity contribution in [3.8, 4) is 0 Å². The molecule has 0 heteroatoms. The molecule has 0 saturated carbocycles. The zero-order chi connectivity index (χ0) is 16.2. The van der Waals surface area contributed by atoms with E-state index in [1.54, 1.807) is 0 Å². The fourth-order valence-corrected chi connectivity index (χ4v) is 2.00. The van der Waals surface area contributed by atoms with Crippen molar-refractivity contribution in [2.24, 2.45) is 0 Å². The standard InChI is InChI=1S/C16H14.C7H8/c1-3-9-15(10-4-1)13-7-8-14-16-11-5-2-6-12-16;1-7-5-3-2-4-6-7/h1-14H;2-6H,1H3. The lowest BCUT2D eigenvalue weighted by molar-refractivity contribution is 1.48. The molecule has 0 unspecified atom stereocenters. The van der Waals surface area contributed by atoms with Crippen LogP contribution in [0, 0.1) is 6.92 Å². The Kier molecular flexibility index (Phi) is 7.15. The summed E-state index contributed by atoms with van der Waals surface area (Å²) in [5, 5.41) is 0. The van der Waals surface area contributed by atoms with E-state index >= 15 is 0 Å². The highest BCUT2D eigenvalue weighted by Crippen LogP contribution is 2.03. The monoisotopic (exact) mass is 298 g/mol. The van der Waals surface area contributed by atoms with Crippen LogP contribution in [0.2, 0.25) is 0 Å². The predicted molar refractivity (Wildman–Crippen MR) is 102 cm³/mol. The second kappa shape index (κ2) is 9.97. The van der Waals surface area contributed by atoms with E-state index in [0.29, 0.717) is 0 Å². The first kappa shape index (κ1) is 16.5. The fourth-order valence-electron chi connectivity index (χ4n) is 2.00. The first-order chi connectivity index (χ1) is 11.3. The Morgan fingerprint density at radius 3 is 1.13 bits per heavy atom. The summed E-state index contributed by atoms with van der Waals surface area (Å²) >= 11 is 0. The molecule has 0 amide bonds. The average molecular weight is 298 g/mol. The maximum atomic E-state index is 2.10. The van der Waals surface area contributed by atoms with Crippen LogP contribution >= 0.6 is 0 Å². The van der Waals surface area contributed by atoms with Gasteiger partial charge in [-0.2, -0.15) is 0 Å². The van der Waals surface area contributed by atoms with E-state index in [2.05, 4.69) is 67.6 Å². The maximum Gasteiger partial charge on any atom is -0.0257 e. The minimum Gasteiger partial charge on any atom is -0.0622 e. The molecule has 0 aromatic heterocycles. The highest BCUT2D eigenvalue weighted by Gasteiger charge is 1.81. The van der Waals surface area contributed by atoms with Gasteiger partial charge in [0.25, 0.3) is 0 Å². The Morgan fingerprint density at radius 2 is 0.826 bits per heavy atom. The number of rotatable bonds is 3. The van der Waals surface area contributed by atoms with Crippen molar-refractivity contribution >= 4 is 12.2 Å². The summed E-state index contributed by atoms with van der Waals surface area (Å²) < 4.78 is 0. The number of hydrogen-bond acceptors (Lipinski definition) is 0. The lowest BCUT2D eigenvalue weighted by Gasteiger charge is -1.90. The summed E-state index contributed by atoms with van der Waals surface area (Å²) in [7, 11) is 0. The molecule has 0 aliphatic heterocycles. The Labute approximate surface area is 139 Å². The minimum absolute atomic E-state index is 1.22. The van der Waals surface area contributed by atoms with Crippen LogP contribution in [0.15, 0.2) is 103 Å². The minimum atomic E-state index is 1.22. The molecule has 114 valence electrons. The van der Waals surface area contributed by atoms with Gasteiger partial charge < -0.3 is 0 Å². The lowest BCUT2D eigenvalue weighted by atomic mass is 10.2. The number of hydrogen-bond donors (Lipinski definition) is 0. The van der Waals surface area contributed by atoms with E-state index in [9.17, 15) is 0 Å². The molecule has 3 aromatic carbocycles. The molecule has 0 spiro atoms. The van der Waals surface area contributed by atoms with Crippen LogP contribution in [0.3, 0.4) is 0 Å². The SMILES string of the molecule is C(C=Cc1ccccc1)=Cc1ccccc1.Cc1ccccc1. The van der Waals surface area contributed by atoms with E-state index in [-0.39, 0.29) is 0 Å². The lowest BCUT2D eigenvalue weighted by Crippen LogP contribution is -1.68. The molecule has 0 nitrogen and oxygen atoms in total. The van der Waals surface area contributed by atoms with Gasteiger partial charge in [0, 0.05) is 0 Å². The van der Waals surface area contributed by atoms with Gasteiger partial charge in [-0.15, -0.1) is 0 Å². The molecule has 0 heterocycles. The van der Waals surface area contributed by atoms with Gasteiger partial charge in [-0.05, 0) is 18.1 Å². The Morgan fingerprint density at radius 1 is 0.478 bits per heavy atom. The average Bonchev–Trinajstić information content (AvgIpc) is 2.62. The molecule has 0 atom stereocenters. The van der Waals surface area contributed by atoms with Crippen LogP contribution < -0.4 is 0 Å². The van der Waals surface area contributed by atoms with Gasteiger partial charge in [0.2, 0.25) is 0 Å². The Balaban J connectivity index is 0.000000229. The van der Waals surface area contributed by atoms with Crippen molar-refractivity contribution in [3.63, 3.8) is 0 Å². The summed E-state index contributed by atoms with van der Waals surface area (Å²) in [5.74, 6) is 0. The number of benzene rings is 3. The molecule has 0 aliphatic rings.